The molecule has 1 aliphatic rings. The lowest BCUT2D eigenvalue weighted by molar-refractivity contribution is -0.129. The van der Waals surface area contributed by atoms with Gasteiger partial charge in [-0.25, -0.2) is 13.1 Å². The number of sulfonamides is 1. The predicted molar refractivity (Wildman–Crippen MR) is 81.3 cm³/mol. The van der Waals surface area contributed by atoms with Gasteiger partial charge in [0.05, 0.1) is 4.90 Å². The molecule has 0 aromatic heterocycles. The largest absolute Gasteiger partial charge is 0.338 e. The van der Waals surface area contributed by atoms with E-state index in [-0.39, 0.29) is 16.7 Å². The van der Waals surface area contributed by atoms with Gasteiger partial charge in [0.1, 0.15) is 0 Å². The van der Waals surface area contributed by atoms with E-state index in [2.05, 4.69) is 4.72 Å². The summed E-state index contributed by atoms with van der Waals surface area (Å²) >= 11 is 0. The molecule has 1 aromatic carbocycles. The van der Waals surface area contributed by atoms with Crippen LogP contribution in [-0.4, -0.2) is 32.3 Å². The van der Waals surface area contributed by atoms with E-state index in [4.69, 9.17) is 0 Å². The minimum Gasteiger partial charge on any atom is -0.338 e. The summed E-state index contributed by atoms with van der Waals surface area (Å²) in [5.41, 5.74) is 2.04. The van der Waals surface area contributed by atoms with Crippen LogP contribution in [0.1, 0.15) is 31.9 Å². The maximum atomic E-state index is 12.2. The highest BCUT2D eigenvalue weighted by molar-refractivity contribution is 7.89. The summed E-state index contributed by atoms with van der Waals surface area (Å²) in [5.74, 6) is 0.275. The first-order valence-electron chi connectivity index (χ1n) is 7.16. The zero-order valence-corrected chi connectivity index (χ0v) is 13.5. The molecular weight excluding hydrogens is 288 g/mol. The third-order valence-electron chi connectivity index (χ3n) is 3.63. The average molecular weight is 310 g/mol. The monoisotopic (exact) mass is 310 g/mol. The molecule has 116 valence electrons. The highest BCUT2D eigenvalue weighted by atomic mass is 32.2. The molecule has 5 nitrogen and oxygen atoms in total. The molecule has 1 aromatic rings. The molecule has 6 heteroatoms. The fourth-order valence-corrected chi connectivity index (χ4v) is 3.59. The van der Waals surface area contributed by atoms with E-state index in [1.54, 1.807) is 17.0 Å². The first kappa shape index (κ1) is 16.0. The van der Waals surface area contributed by atoms with Crippen LogP contribution < -0.4 is 4.72 Å². The lowest BCUT2D eigenvalue weighted by atomic mass is 10.00. The average Bonchev–Trinajstić information content (AvgIpc) is 2.44. The van der Waals surface area contributed by atoms with Crippen molar-refractivity contribution in [1.82, 2.24) is 9.62 Å². The summed E-state index contributed by atoms with van der Waals surface area (Å²) in [6.45, 7) is 7.05. The Labute approximate surface area is 126 Å². The normalized spacial score (nSPS) is 15.1. The summed E-state index contributed by atoms with van der Waals surface area (Å²) in [7, 11) is -3.48. The Morgan fingerprint density at radius 2 is 2.05 bits per heavy atom. The molecule has 0 fully saturated rings. The lowest BCUT2D eigenvalue weighted by Crippen LogP contribution is -2.34. The number of benzene rings is 1. The lowest BCUT2D eigenvalue weighted by Gasteiger charge is -2.28. The van der Waals surface area contributed by atoms with E-state index in [0.717, 1.165) is 17.5 Å². The van der Waals surface area contributed by atoms with Crippen molar-refractivity contribution in [3.63, 3.8) is 0 Å². The van der Waals surface area contributed by atoms with E-state index in [0.29, 0.717) is 19.6 Å². The first-order valence-corrected chi connectivity index (χ1v) is 8.65. The molecule has 0 aliphatic carbocycles. The standard InChI is InChI=1S/C15H22N2O3S/c1-11(2)9-16-21(19,20)15-5-4-13-6-7-17(12(3)18)10-14(13)8-15/h4-5,8,11,16H,6-7,9-10H2,1-3H3. The number of nitrogens with one attached hydrogen (secondary N) is 1. The van der Waals surface area contributed by atoms with Gasteiger partial charge in [0.2, 0.25) is 15.9 Å². The van der Waals surface area contributed by atoms with Crippen molar-refractivity contribution in [2.24, 2.45) is 5.92 Å². The smallest absolute Gasteiger partial charge is 0.240 e. The topological polar surface area (TPSA) is 66.5 Å². The molecule has 0 bridgehead atoms. The van der Waals surface area contributed by atoms with E-state index < -0.39 is 10.0 Å². The van der Waals surface area contributed by atoms with Crippen molar-refractivity contribution in [3.05, 3.63) is 29.3 Å². The number of hydrogen-bond donors (Lipinski definition) is 1. The molecule has 1 aliphatic heterocycles. The Hall–Kier alpha value is -1.40. The number of amides is 1. The van der Waals surface area contributed by atoms with Gasteiger partial charge in [0.15, 0.2) is 0 Å². The second-order valence-electron chi connectivity index (χ2n) is 5.87. The summed E-state index contributed by atoms with van der Waals surface area (Å²) in [6, 6.07) is 5.19. The van der Waals surface area contributed by atoms with Crippen LogP contribution in [0.5, 0.6) is 0 Å². The third-order valence-corrected chi connectivity index (χ3v) is 5.05. The number of hydrogen-bond acceptors (Lipinski definition) is 3. The van der Waals surface area contributed by atoms with Crippen LogP contribution >= 0.6 is 0 Å². The van der Waals surface area contributed by atoms with Gasteiger partial charge < -0.3 is 4.90 Å². The van der Waals surface area contributed by atoms with Crippen molar-refractivity contribution in [2.75, 3.05) is 13.1 Å². The third kappa shape index (κ3) is 3.83. The molecule has 0 spiro atoms. The minimum absolute atomic E-state index is 0.0202. The quantitative estimate of drug-likeness (QED) is 0.917. The Kier molecular flexibility index (Phi) is 4.68. The zero-order chi connectivity index (χ0) is 15.6. The van der Waals surface area contributed by atoms with Crippen molar-refractivity contribution >= 4 is 15.9 Å². The molecule has 1 amide bonds. The summed E-state index contributed by atoms with van der Waals surface area (Å²) in [4.78, 5) is 13.5. The van der Waals surface area contributed by atoms with Crippen molar-refractivity contribution in [2.45, 2.75) is 38.6 Å². The van der Waals surface area contributed by atoms with Crippen molar-refractivity contribution in [1.29, 1.82) is 0 Å². The van der Waals surface area contributed by atoms with Crippen molar-refractivity contribution < 1.29 is 13.2 Å². The maximum Gasteiger partial charge on any atom is 0.240 e. The number of carbonyl (C=O) groups excluding carboxylic acids is 1. The predicted octanol–water partition coefficient (Wildman–Crippen LogP) is 1.53. The zero-order valence-electron chi connectivity index (χ0n) is 12.7. The maximum absolute atomic E-state index is 12.2. The highest BCUT2D eigenvalue weighted by Crippen LogP contribution is 2.22. The van der Waals surface area contributed by atoms with Gasteiger partial charge in [0, 0.05) is 26.6 Å². The fraction of sp³-hybridized carbons (Fsp3) is 0.533. The Morgan fingerprint density at radius 3 is 2.67 bits per heavy atom. The Bertz CT molecular complexity index is 638. The van der Waals surface area contributed by atoms with E-state index in [1.165, 1.54) is 6.92 Å². The molecule has 0 saturated heterocycles. The van der Waals surface area contributed by atoms with Gasteiger partial charge in [-0.2, -0.15) is 0 Å². The molecule has 21 heavy (non-hydrogen) atoms. The van der Waals surface area contributed by atoms with E-state index in [1.807, 2.05) is 19.9 Å². The van der Waals surface area contributed by atoms with Gasteiger partial charge in [-0.3, -0.25) is 4.79 Å². The molecule has 0 saturated carbocycles. The number of rotatable bonds is 4. The van der Waals surface area contributed by atoms with E-state index in [9.17, 15) is 13.2 Å². The first-order chi connectivity index (χ1) is 9.79. The molecule has 1 heterocycles. The van der Waals surface area contributed by atoms with Crippen molar-refractivity contribution in [3.8, 4) is 0 Å². The van der Waals surface area contributed by atoms with Crippen LogP contribution in [0.25, 0.3) is 0 Å². The molecule has 0 radical (unpaired) electrons. The molecule has 0 atom stereocenters. The summed E-state index contributed by atoms with van der Waals surface area (Å²) in [5, 5.41) is 0. The molecule has 0 unspecified atom stereocenters. The second kappa shape index (κ2) is 6.15. The molecule has 2 rings (SSSR count). The Morgan fingerprint density at radius 1 is 1.33 bits per heavy atom. The molecular formula is C15H22N2O3S. The van der Waals surface area contributed by atoms with Gasteiger partial charge in [-0.15, -0.1) is 0 Å². The summed E-state index contributed by atoms with van der Waals surface area (Å²) < 4.78 is 27.1. The minimum atomic E-state index is -3.48. The fourth-order valence-electron chi connectivity index (χ4n) is 2.33. The summed E-state index contributed by atoms with van der Waals surface area (Å²) in [6.07, 6.45) is 0.772. The van der Waals surface area contributed by atoms with Gasteiger partial charge in [0.25, 0.3) is 0 Å². The van der Waals surface area contributed by atoms with Crippen LogP contribution in [0.3, 0.4) is 0 Å². The van der Waals surface area contributed by atoms with Gasteiger partial charge in [-0.05, 0) is 35.6 Å². The second-order valence-corrected chi connectivity index (χ2v) is 7.63. The van der Waals surface area contributed by atoms with Crippen LogP contribution in [-0.2, 0) is 27.8 Å². The number of carbonyl (C=O) groups is 1. The Balaban J connectivity index is 2.24. The van der Waals surface area contributed by atoms with Gasteiger partial charge in [-0.1, -0.05) is 19.9 Å². The van der Waals surface area contributed by atoms with Crippen LogP contribution in [0.2, 0.25) is 0 Å². The number of nitrogens with zero attached hydrogens (tertiary/aromatic N) is 1. The van der Waals surface area contributed by atoms with Gasteiger partial charge >= 0.3 is 0 Å². The molecule has 1 N–H and O–H groups in total. The van der Waals surface area contributed by atoms with Crippen LogP contribution in [0.15, 0.2) is 23.1 Å². The van der Waals surface area contributed by atoms with E-state index >= 15 is 0 Å². The number of fused-ring (bicyclic) bond motifs is 1. The SMILES string of the molecule is CC(=O)N1CCc2ccc(S(=O)(=O)NCC(C)C)cc2C1. The highest BCUT2D eigenvalue weighted by Gasteiger charge is 2.21. The van der Waals surface area contributed by atoms with Crippen LogP contribution in [0.4, 0.5) is 0 Å². The van der Waals surface area contributed by atoms with Crippen LogP contribution in [0, 0.1) is 5.92 Å².